The summed E-state index contributed by atoms with van der Waals surface area (Å²) in [5, 5.41) is 2.61. The summed E-state index contributed by atoms with van der Waals surface area (Å²) in [6.07, 6.45) is 4.57. The van der Waals surface area contributed by atoms with Gasteiger partial charge in [-0.3, -0.25) is 9.05 Å². The van der Waals surface area contributed by atoms with Crippen LogP contribution in [0.4, 0.5) is 0 Å². The van der Waals surface area contributed by atoms with Crippen molar-refractivity contribution in [2.24, 2.45) is 0 Å². The molecule has 0 radical (unpaired) electrons. The van der Waals surface area contributed by atoms with Crippen molar-refractivity contribution in [2.75, 3.05) is 19.8 Å². The molecule has 1 N–H and O–H groups in total. The molecule has 0 unspecified atom stereocenters. The SMILES string of the molecule is C=CCNP(=O)(OCC=C)OCC=C. The van der Waals surface area contributed by atoms with Crippen LogP contribution < -0.4 is 5.09 Å². The first kappa shape index (κ1) is 13.3. The van der Waals surface area contributed by atoms with Crippen molar-refractivity contribution in [3.05, 3.63) is 38.0 Å². The molecule has 0 aliphatic carbocycles. The molecule has 0 fully saturated rings. The Kier molecular flexibility index (Phi) is 7.34. The topological polar surface area (TPSA) is 47.6 Å². The predicted molar refractivity (Wildman–Crippen MR) is 58.1 cm³/mol. The molecule has 0 amide bonds. The first-order valence-corrected chi connectivity index (χ1v) is 5.69. The van der Waals surface area contributed by atoms with Gasteiger partial charge in [0.25, 0.3) is 0 Å². The molecule has 0 aliphatic heterocycles. The Labute approximate surface area is 84.9 Å². The van der Waals surface area contributed by atoms with E-state index in [1.54, 1.807) is 6.08 Å². The standard InChI is InChI=1S/C9H16NO3P/c1-4-7-10-14(11,12-8-5-2)13-9-6-3/h4-6H,1-3,7-9H2,(H,10,11). The van der Waals surface area contributed by atoms with Crippen LogP contribution in [0.25, 0.3) is 0 Å². The van der Waals surface area contributed by atoms with Crippen LogP contribution in [-0.2, 0) is 13.6 Å². The normalized spacial score (nSPS) is 10.9. The van der Waals surface area contributed by atoms with Crippen LogP contribution in [0.2, 0.25) is 0 Å². The summed E-state index contributed by atoms with van der Waals surface area (Å²) >= 11 is 0. The highest BCUT2D eigenvalue weighted by atomic mass is 31.2. The summed E-state index contributed by atoms with van der Waals surface area (Å²) in [4.78, 5) is 0. The number of rotatable bonds is 9. The summed E-state index contributed by atoms with van der Waals surface area (Å²) in [7, 11) is -3.23. The molecule has 4 nitrogen and oxygen atoms in total. The van der Waals surface area contributed by atoms with Crippen LogP contribution in [-0.4, -0.2) is 19.8 Å². The maximum Gasteiger partial charge on any atom is 0.406 e. The summed E-state index contributed by atoms with van der Waals surface area (Å²) in [5.74, 6) is 0. The third-order valence-electron chi connectivity index (χ3n) is 1.15. The van der Waals surface area contributed by atoms with Gasteiger partial charge in [0.1, 0.15) is 0 Å². The van der Waals surface area contributed by atoms with E-state index in [0.717, 1.165) is 0 Å². The summed E-state index contributed by atoms with van der Waals surface area (Å²) in [6.45, 7) is 11.1. The predicted octanol–water partition coefficient (Wildman–Crippen LogP) is 2.28. The fraction of sp³-hybridized carbons (Fsp3) is 0.333. The van der Waals surface area contributed by atoms with E-state index in [9.17, 15) is 4.57 Å². The zero-order valence-electron chi connectivity index (χ0n) is 8.15. The smallest absolute Gasteiger partial charge is 0.293 e. The van der Waals surface area contributed by atoms with Crippen molar-refractivity contribution in [2.45, 2.75) is 0 Å². The molecule has 0 rings (SSSR count). The average molecular weight is 217 g/mol. The minimum absolute atomic E-state index is 0.165. The minimum Gasteiger partial charge on any atom is -0.293 e. The molecule has 0 aromatic heterocycles. The fourth-order valence-corrected chi connectivity index (χ4v) is 1.82. The van der Waals surface area contributed by atoms with E-state index >= 15 is 0 Å². The Morgan fingerprint density at radius 3 is 1.93 bits per heavy atom. The lowest BCUT2D eigenvalue weighted by molar-refractivity contribution is 0.228. The highest BCUT2D eigenvalue weighted by Crippen LogP contribution is 2.43. The molecule has 0 aromatic rings. The number of hydrogen-bond acceptors (Lipinski definition) is 3. The third-order valence-corrected chi connectivity index (χ3v) is 2.70. The van der Waals surface area contributed by atoms with E-state index in [1.807, 2.05) is 0 Å². The van der Waals surface area contributed by atoms with Gasteiger partial charge in [0.15, 0.2) is 0 Å². The van der Waals surface area contributed by atoms with Crippen molar-refractivity contribution in [3.8, 4) is 0 Å². The Morgan fingerprint density at radius 1 is 1.07 bits per heavy atom. The maximum atomic E-state index is 11.8. The Bertz CT molecular complexity index is 202. The molecule has 0 heterocycles. The molecule has 0 spiro atoms. The van der Waals surface area contributed by atoms with E-state index in [-0.39, 0.29) is 13.2 Å². The van der Waals surface area contributed by atoms with Crippen LogP contribution in [0.5, 0.6) is 0 Å². The van der Waals surface area contributed by atoms with Gasteiger partial charge in [0.2, 0.25) is 0 Å². The van der Waals surface area contributed by atoms with E-state index in [1.165, 1.54) is 12.2 Å². The van der Waals surface area contributed by atoms with Crippen LogP contribution >= 0.6 is 7.75 Å². The molecule has 0 aromatic carbocycles. The largest absolute Gasteiger partial charge is 0.406 e. The molecule has 80 valence electrons. The highest BCUT2D eigenvalue weighted by Gasteiger charge is 2.21. The van der Waals surface area contributed by atoms with Gasteiger partial charge in [0.05, 0.1) is 13.2 Å². The van der Waals surface area contributed by atoms with Crippen molar-refractivity contribution in [1.29, 1.82) is 0 Å². The van der Waals surface area contributed by atoms with Crippen LogP contribution in [0, 0.1) is 0 Å². The van der Waals surface area contributed by atoms with Crippen LogP contribution in [0.1, 0.15) is 0 Å². The number of nitrogens with one attached hydrogen (secondary N) is 1. The number of hydrogen-bond donors (Lipinski definition) is 1. The second-order valence-electron chi connectivity index (χ2n) is 2.32. The van der Waals surface area contributed by atoms with Gasteiger partial charge in [0, 0.05) is 6.54 Å². The van der Waals surface area contributed by atoms with Crippen molar-refractivity contribution < 1.29 is 13.6 Å². The van der Waals surface area contributed by atoms with Gasteiger partial charge in [-0.1, -0.05) is 18.2 Å². The molecule has 14 heavy (non-hydrogen) atoms. The summed E-state index contributed by atoms with van der Waals surface area (Å²) in [6, 6.07) is 0. The van der Waals surface area contributed by atoms with Crippen LogP contribution in [0.3, 0.4) is 0 Å². The van der Waals surface area contributed by atoms with E-state index in [4.69, 9.17) is 9.05 Å². The zero-order valence-corrected chi connectivity index (χ0v) is 9.04. The first-order valence-electron chi connectivity index (χ1n) is 4.15. The molecule has 0 bridgehead atoms. The second kappa shape index (κ2) is 7.71. The zero-order chi connectivity index (χ0) is 10.9. The van der Waals surface area contributed by atoms with E-state index < -0.39 is 7.75 Å². The van der Waals surface area contributed by atoms with Crippen molar-refractivity contribution in [1.82, 2.24) is 5.09 Å². The molecule has 0 saturated carbocycles. The van der Waals surface area contributed by atoms with Crippen molar-refractivity contribution >= 4 is 7.75 Å². The lowest BCUT2D eigenvalue weighted by Gasteiger charge is -2.16. The fourth-order valence-electron chi connectivity index (χ4n) is 0.607. The Morgan fingerprint density at radius 2 is 1.57 bits per heavy atom. The molecule has 5 heteroatoms. The molecular weight excluding hydrogens is 201 g/mol. The molecule has 0 aliphatic rings. The molecular formula is C9H16NO3P. The van der Waals surface area contributed by atoms with Gasteiger partial charge in [-0.15, -0.1) is 19.7 Å². The summed E-state index contributed by atoms with van der Waals surface area (Å²) < 4.78 is 21.8. The lowest BCUT2D eigenvalue weighted by Crippen LogP contribution is -2.15. The first-order chi connectivity index (χ1) is 6.68. The molecule has 0 saturated heterocycles. The van der Waals surface area contributed by atoms with Gasteiger partial charge in [-0.2, -0.15) is 0 Å². The van der Waals surface area contributed by atoms with Gasteiger partial charge < -0.3 is 0 Å². The summed E-state index contributed by atoms with van der Waals surface area (Å²) in [5.41, 5.74) is 0. The van der Waals surface area contributed by atoms with Gasteiger partial charge in [-0.05, 0) is 0 Å². The Balaban J connectivity index is 4.15. The second-order valence-corrected chi connectivity index (χ2v) is 4.14. The maximum absolute atomic E-state index is 11.8. The van der Waals surface area contributed by atoms with E-state index in [2.05, 4.69) is 24.8 Å². The monoisotopic (exact) mass is 217 g/mol. The third kappa shape index (κ3) is 5.89. The lowest BCUT2D eigenvalue weighted by atomic mass is 10.7. The Hall–Kier alpha value is -0.670. The average Bonchev–Trinajstić information content (AvgIpc) is 2.21. The quantitative estimate of drug-likeness (QED) is 0.475. The van der Waals surface area contributed by atoms with Crippen molar-refractivity contribution in [3.63, 3.8) is 0 Å². The highest BCUT2D eigenvalue weighted by molar-refractivity contribution is 7.51. The molecule has 0 atom stereocenters. The van der Waals surface area contributed by atoms with Gasteiger partial charge in [-0.25, -0.2) is 9.65 Å². The van der Waals surface area contributed by atoms with Crippen LogP contribution in [0.15, 0.2) is 38.0 Å². The minimum atomic E-state index is -3.23. The van der Waals surface area contributed by atoms with Gasteiger partial charge >= 0.3 is 7.75 Å². The van der Waals surface area contributed by atoms with E-state index in [0.29, 0.717) is 6.54 Å².